The minimum Gasteiger partial charge on any atom is -0.356 e. The van der Waals surface area contributed by atoms with Crippen LogP contribution in [0, 0.1) is 5.92 Å². The van der Waals surface area contributed by atoms with E-state index < -0.39 is 12.7 Å². The normalized spacial score (nSPS) is 16.6. The number of hydrogen-bond acceptors (Lipinski definition) is 4. The Labute approximate surface area is 181 Å². The van der Waals surface area contributed by atoms with Gasteiger partial charge in [0, 0.05) is 26.7 Å². The molecular formula is C17H31F3IN7. The maximum absolute atomic E-state index is 12.4. The Balaban J connectivity index is 0.00000392. The SMILES string of the molecule is CN=C(NCCCCn1cnnc1)NCCC1CCN(CC(F)(F)F)CC1.I. The average molecular weight is 517 g/mol. The number of aryl methyl sites for hydroxylation is 1. The number of nitrogens with zero attached hydrogens (tertiary/aromatic N) is 5. The summed E-state index contributed by atoms with van der Waals surface area (Å²) in [7, 11) is 1.74. The molecular weight excluding hydrogens is 486 g/mol. The van der Waals surface area contributed by atoms with Crippen LogP contribution in [-0.4, -0.2) is 71.6 Å². The van der Waals surface area contributed by atoms with E-state index in [-0.39, 0.29) is 24.0 Å². The zero-order valence-corrected chi connectivity index (χ0v) is 18.6. The predicted molar refractivity (Wildman–Crippen MR) is 114 cm³/mol. The van der Waals surface area contributed by atoms with Crippen molar-refractivity contribution >= 4 is 29.9 Å². The molecule has 2 N–H and O–H groups in total. The summed E-state index contributed by atoms with van der Waals surface area (Å²) in [6, 6.07) is 0. The third kappa shape index (κ3) is 10.4. The van der Waals surface area contributed by atoms with Crippen LogP contribution in [0.1, 0.15) is 32.1 Å². The molecule has 0 saturated carbocycles. The average Bonchev–Trinajstić information content (AvgIpc) is 3.13. The van der Waals surface area contributed by atoms with E-state index in [1.165, 1.54) is 4.90 Å². The summed E-state index contributed by atoms with van der Waals surface area (Å²) in [5, 5.41) is 14.1. The quantitative estimate of drug-likeness (QED) is 0.228. The zero-order valence-electron chi connectivity index (χ0n) is 16.3. The summed E-state index contributed by atoms with van der Waals surface area (Å²) >= 11 is 0. The summed E-state index contributed by atoms with van der Waals surface area (Å²) in [5.41, 5.74) is 0. The van der Waals surface area contributed by atoms with Gasteiger partial charge in [0.25, 0.3) is 0 Å². The molecule has 0 bridgehead atoms. The van der Waals surface area contributed by atoms with Crippen LogP contribution < -0.4 is 10.6 Å². The third-order valence-electron chi connectivity index (χ3n) is 4.78. The lowest BCUT2D eigenvalue weighted by Crippen LogP contribution is -2.41. The molecule has 1 aliphatic heterocycles. The minimum atomic E-state index is -4.10. The van der Waals surface area contributed by atoms with Gasteiger partial charge >= 0.3 is 6.18 Å². The van der Waals surface area contributed by atoms with Crippen molar-refractivity contribution in [3.8, 4) is 0 Å². The molecule has 1 saturated heterocycles. The molecule has 162 valence electrons. The van der Waals surface area contributed by atoms with Gasteiger partial charge < -0.3 is 15.2 Å². The highest BCUT2D eigenvalue weighted by atomic mass is 127. The molecule has 1 fully saturated rings. The Morgan fingerprint density at radius 1 is 1.11 bits per heavy atom. The maximum Gasteiger partial charge on any atom is 0.401 e. The highest BCUT2D eigenvalue weighted by Crippen LogP contribution is 2.23. The first kappa shape index (κ1) is 24.9. The molecule has 0 radical (unpaired) electrons. The lowest BCUT2D eigenvalue weighted by Gasteiger charge is -2.32. The van der Waals surface area contributed by atoms with E-state index in [1.807, 2.05) is 4.57 Å². The fourth-order valence-corrected chi connectivity index (χ4v) is 3.27. The fraction of sp³-hybridized carbons (Fsp3) is 0.824. The van der Waals surface area contributed by atoms with Gasteiger partial charge in [0.2, 0.25) is 0 Å². The number of likely N-dealkylation sites (tertiary alicyclic amines) is 1. The number of halogens is 4. The van der Waals surface area contributed by atoms with E-state index >= 15 is 0 Å². The molecule has 0 amide bonds. The first-order valence-electron chi connectivity index (χ1n) is 9.52. The Morgan fingerprint density at radius 2 is 1.75 bits per heavy atom. The van der Waals surface area contributed by atoms with Crippen LogP contribution in [0.5, 0.6) is 0 Å². The molecule has 0 aliphatic carbocycles. The van der Waals surface area contributed by atoms with Gasteiger partial charge in [-0.25, -0.2) is 0 Å². The molecule has 1 aromatic heterocycles. The molecule has 28 heavy (non-hydrogen) atoms. The zero-order chi connectivity index (χ0) is 19.5. The maximum atomic E-state index is 12.4. The van der Waals surface area contributed by atoms with Gasteiger partial charge in [-0.15, -0.1) is 34.2 Å². The van der Waals surface area contributed by atoms with Gasteiger partial charge in [0.05, 0.1) is 6.54 Å². The van der Waals surface area contributed by atoms with E-state index in [0.717, 1.165) is 57.7 Å². The van der Waals surface area contributed by atoms with Crippen LogP contribution in [0.2, 0.25) is 0 Å². The molecule has 7 nitrogen and oxygen atoms in total. The summed E-state index contributed by atoms with van der Waals surface area (Å²) in [4.78, 5) is 5.71. The second kappa shape index (κ2) is 13.2. The summed E-state index contributed by atoms with van der Waals surface area (Å²) in [6.45, 7) is 2.79. The summed E-state index contributed by atoms with van der Waals surface area (Å²) in [6.07, 6.45) is 3.97. The second-order valence-electron chi connectivity index (χ2n) is 6.96. The van der Waals surface area contributed by atoms with Gasteiger partial charge in [-0.2, -0.15) is 13.2 Å². The van der Waals surface area contributed by atoms with Gasteiger partial charge in [0.1, 0.15) is 12.7 Å². The monoisotopic (exact) mass is 517 g/mol. The van der Waals surface area contributed by atoms with Crippen LogP contribution in [0.3, 0.4) is 0 Å². The first-order valence-corrected chi connectivity index (χ1v) is 9.52. The lowest BCUT2D eigenvalue weighted by atomic mass is 9.93. The topological polar surface area (TPSA) is 70.4 Å². The van der Waals surface area contributed by atoms with Gasteiger partial charge in [-0.3, -0.25) is 9.89 Å². The largest absolute Gasteiger partial charge is 0.401 e. The predicted octanol–water partition coefficient (Wildman–Crippen LogP) is 2.51. The fourth-order valence-electron chi connectivity index (χ4n) is 3.27. The second-order valence-corrected chi connectivity index (χ2v) is 6.96. The van der Waals surface area contributed by atoms with Crippen molar-refractivity contribution in [1.82, 2.24) is 30.3 Å². The number of rotatable bonds is 9. The molecule has 0 aromatic carbocycles. The van der Waals surface area contributed by atoms with E-state index in [1.54, 1.807) is 19.7 Å². The Hall–Kier alpha value is -1.11. The number of nitrogens with one attached hydrogen (secondary N) is 2. The molecule has 2 rings (SSSR count). The van der Waals surface area contributed by atoms with Crippen molar-refractivity contribution in [3.05, 3.63) is 12.7 Å². The van der Waals surface area contributed by atoms with Crippen LogP contribution in [0.15, 0.2) is 17.6 Å². The van der Waals surface area contributed by atoms with Crippen LogP contribution in [-0.2, 0) is 6.54 Å². The third-order valence-corrected chi connectivity index (χ3v) is 4.78. The minimum absolute atomic E-state index is 0. The number of aliphatic imine (C=N–C) groups is 1. The number of piperidine rings is 1. The number of unbranched alkanes of at least 4 members (excludes halogenated alkanes) is 1. The van der Waals surface area contributed by atoms with E-state index in [0.29, 0.717) is 19.0 Å². The lowest BCUT2D eigenvalue weighted by molar-refractivity contribution is -0.148. The van der Waals surface area contributed by atoms with Gasteiger partial charge in [-0.05, 0) is 51.1 Å². The van der Waals surface area contributed by atoms with Crippen LogP contribution >= 0.6 is 24.0 Å². The molecule has 11 heteroatoms. The van der Waals surface area contributed by atoms with Crippen molar-refractivity contribution in [3.63, 3.8) is 0 Å². The Morgan fingerprint density at radius 3 is 2.36 bits per heavy atom. The standard InChI is InChI=1S/C17H30F3N7.HI/c1-21-16(22-7-2-3-9-27-13-24-25-14-27)23-8-4-15-5-10-26(11-6-15)12-17(18,19)20;/h13-15H,2-12H2,1H3,(H2,21,22,23);1H. The molecule has 0 spiro atoms. The van der Waals surface area contributed by atoms with Crippen LogP contribution in [0.4, 0.5) is 13.2 Å². The number of guanidine groups is 1. The molecule has 0 atom stereocenters. The van der Waals surface area contributed by atoms with Crippen molar-refractivity contribution in [2.24, 2.45) is 10.9 Å². The number of alkyl halides is 3. The Kier molecular flexibility index (Phi) is 11.7. The highest BCUT2D eigenvalue weighted by Gasteiger charge is 2.32. The van der Waals surface area contributed by atoms with E-state index in [2.05, 4.69) is 25.8 Å². The smallest absolute Gasteiger partial charge is 0.356 e. The Bertz CT molecular complexity index is 543. The number of hydrogen-bond donors (Lipinski definition) is 2. The van der Waals surface area contributed by atoms with Gasteiger partial charge in [-0.1, -0.05) is 0 Å². The molecule has 0 unspecified atom stereocenters. The highest BCUT2D eigenvalue weighted by molar-refractivity contribution is 14.0. The molecule has 2 heterocycles. The number of aromatic nitrogens is 3. The van der Waals surface area contributed by atoms with Crippen LogP contribution in [0.25, 0.3) is 0 Å². The van der Waals surface area contributed by atoms with E-state index in [4.69, 9.17) is 0 Å². The van der Waals surface area contributed by atoms with Gasteiger partial charge in [0.15, 0.2) is 5.96 Å². The van der Waals surface area contributed by atoms with Crippen molar-refractivity contribution in [2.75, 3.05) is 39.8 Å². The molecule has 1 aliphatic rings. The summed E-state index contributed by atoms with van der Waals surface area (Å²) in [5.74, 6) is 1.25. The van der Waals surface area contributed by atoms with Crippen molar-refractivity contribution in [1.29, 1.82) is 0 Å². The van der Waals surface area contributed by atoms with Crippen molar-refractivity contribution < 1.29 is 13.2 Å². The summed E-state index contributed by atoms with van der Waals surface area (Å²) < 4.78 is 39.2. The first-order chi connectivity index (χ1) is 13.0. The van der Waals surface area contributed by atoms with Crippen molar-refractivity contribution in [2.45, 2.75) is 44.8 Å². The van der Waals surface area contributed by atoms with E-state index in [9.17, 15) is 13.2 Å². The molecule has 1 aromatic rings.